The van der Waals surface area contributed by atoms with Gasteiger partial charge in [0.2, 0.25) is 0 Å². The van der Waals surface area contributed by atoms with Crippen LogP contribution in [0, 0.1) is 11.3 Å². The van der Waals surface area contributed by atoms with Gasteiger partial charge in [-0.1, -0.05) is 23.7 Å². The first-order valence-electron chi connectivity index (χ1n) is 8.02. The molecule has 2 N–H and O–H groups in total. The molecule has 1 atom stereocenters. The fraction of sp³-hybridized carbons (Fsp3) is 0.316. The largest absolute Gasteiger partial charge is 0.366 e. The Morgan fingerprint density at radius 1 is 1.13 bits per heavy atom. The molecule has 0 radical (unpaired) electrons. The summed E-state index contributed by atoms with van der Waals surface area (Å²) in [5.74, 6) is 0.623. The molecule has 0 unspecified atom stereocenters. The predicted octanol–water partition coefficient (Wildman–Crippen LogP) is 4.50. The van der Waals surface area contributed by atoms with Gasteiger partial charge in [-0.25, -0.2) is 0 Å². The average Bonchev–Trinajstić information content (AvgIpc) is 3.30. The number of halogens is 1. The van der Waals surface area contributed by atoms with Crippen molar-refractivity contribution in [2.75, 3.05) is 5.32 Å². The number of nitrogens with zero attached hydrogens (tertiary/aromatic N) is 1. The monoisotopic (exact) mass is 323 g/mol. The molecule has 2 aromatic rings. The number of rotatable bonds is 4. The standard InChI is InChI=1S/C19H18ClN3/c20-17-6-14(12-1-2-12)5-15(7-17)19(9-21)23-18-4-3-13-10-22-11-16(13)8-18/h3-8,12,19,22-23H,1-2,10-11H2/t19-/m0/s1. The number of anilines is 1. The van der Waals surface area contributed by atoms with Gasteiger partial charge >= 0.3 is 0 Å². The van der Waals surface area contributed by atoms with Crippen LogP contribution in [0.4, 0.5) is 5.69 Å². The highest BCUT2D eigenvalue weighted by molar-refractivity contribution is 6.30. The van der Waals surface area contributed by atoms with Gasteiger partial charge < -0.3 is 10.6 Å². The molecule has 1 aliphatic carbocycles. The van der Waals surface area contributed by atoms with Gasteiger partial charge in [0.05, 0.1) is 6.07 Å². The van der Waals surface area contributed by atoms with Crippen molar-refractivity contribution in [2.45, 2.75) is 37.9 Å². The second-order valence-corrected chi connectivity index (χ2v) is 6.82. The molecule has 1 aliphatic heterocycles. The second-order valence-electron chi connectivity index (χ2n) is 6.39. The lowest BCUT2D eigenvalue weighted by molar-refractivity contribution is 0.765. The summed E-state index contributed by atoms with van der Waals surface area (Å²) in [6.45, 7) is 1.82. The number of fused-ring (bicyclic) bond motifs is 1. The maximum absolute atomic E-state index is 9.60. The van der Waals surface area contributed by atoms with E-state index in [0.717, 1.165) is 24.3 Å². The van der Waals surface area contributed by atoms with Crippen LogP contribution >= 0.6 is 11.6 Å². The van der Waals surface area contributed by atoms with Crippen LogP contribution in [0.2, 0.25) is 5.02 Å². The molecule has 0 spiro atoms. The maximum atomic E-state index is 9.60. The smallest absolute Gasteiger partial charge is 0.140 e. The first-order chi connectivity index (χ1) is 11.2. The Balaban J connectivity index is 1.60. The zero-order valence-electron chi connectivity index (χ0n) is 12.8. The van der Waals surface area contributed by atoms with E-state index in [9.17, 15) is 5.26 Å². The zero-order valence-corrected chi connectivity index (χ0v) is 13.5. The van der Waals surface area contributed by atoms with Crippen molar-refractivity contribution < 1.29 is 0 Å². The average molecular weight is 324 g/mol. The van der Waals surface area contributed by atoms with Gasteiger partial charge in [-0.15, -0.1) is 0 Å². The highest BCUT2D eigenvalue weighted by Gasteiger charge is 2.25. The topological polar surface area (TPSA) is 47.9 Å². The minimum absolute atomic E-state index is 0.390. The summed E-state index contributed by atoms with van der Waals surface area (Å²) in [6.07, 6.45) is 2.45. The van der Waals surface area contributed by atoms with E-state index in [1.807, 2.05) is 18.2 Å². The molecular formula is C19H18ClN3. The van der Waals surface area contributed by atoms with E-state index in [1.165, 1.54) is 29.5 Å². The van der Waals surface area contributed by atoms with Crippen molar-refractivity contribution in [3.63, 3.8) is 0 Å². The molecule has 116 valence electrons. The molecule has 0 saturated heterocycles. The lowest BCUT2D eigenvalue weighted by Crippen LogP contribution is -2.09. The van der Waals surface area contributed by atoms with Crippen molar-refractivity contribution in [2.24, 2.45) is 0 Å². The molecule has 3 nitrogen and oxygen atoms in total. The Morgan fingerprint density at radius 3 is 2.74 bits per heavy atom. The van der Waals surface area contributed by atoms with E-state index in [0.29, 0.717) is 10.9 Å². The van der Waals surface area contributed by atoms with Crippen LogP contribution in [-0.2, 0) is 13.1 Å². The van der Waals surface area contributed by atoms with Gasteiger partial charge in [0.15, 0.2) is 0 Å². The van der Waals surface area contributed by atoms with Gasteiger partial charge in [0.1, 0.15) is 6.04 Å². The highest BCUT2D eigenvalue weighted by atomic mass is 35.5. The van der Waals surface area contributed by atoms with E-state index in [1.54, 1.807) is 0 Å². The van der Waals surface area contributed by atoms with E-state index in [2.05, 4.69) is 34.9 Å². The van der Waals surface area contributed by atoms with E-state index in [4.69, 9.17) is 11.6 Å². The number of hydrogen-bond donors (Lipinski definition) is 2. The van der Waals surface area contributed by atoms with Crippen molar-refractivity contribution >= 4 is 17.3 Å². The quantitative estimate of drug-likeness (QED) is 0.871. The van der Waals surface area contributed by atoms with Crippen LogP contribution in [-0.4, -0.2) is 0 Å². The molecule has 0 bridgehead atoms. The van der Waals surface area contributed by atoms with Crippen LogP contribution < -0.4 is 10.6 Å². The van der Waals surface area contributed by atoms with Gasteiger partial charge in [0.25, 0.3) is 0 Å². The molecule has 1 saturated carbocycles. The summed E-state index contributed by atoms with van der Waals surface area (Å²) in [7, 11) is 0. The molecule has 4 heteroatoms. The summed E-state index contributed by atoms with van der Waals surface area (Å²) >= 11 is 6.26. The molecule has 4 rings (SSSR count). The van der Waals surface area contributed by atoms with Gasteiger partial charge in [-0.2, -0.15) is 5.26 Å². The minimum Gasteiger partial charge on any atom is -0.366 e. The number of benzene rings is 2. The third-order valence-electron chi connectivity index (χ3n) is 4.60. The van der Waals surface area contributed by atoms with Crippen molar-refractivity contribution in [3.05, 3.63) is 63.7 Å². The second kappa shape index (κ2) is 5.88. The van der Waals surface area contributed by atoms with E-state index >= 15 is 0 Å². The number of nitrogens with one attached hydrogen (secondary N) is 2. The van der Waals surface area contributed by atoms with Crippen LogP contribution in [0.15, 0.2) is 36.4 Å². The molecule has 0 amide bonds. The molecule has 1 heterocycles. The minimum atomic E-state index is -0.390. The summed E-state index contributed by atoms with van der Waals surface area (Å²) in [4.78, 5) is 0. The van der Waals surface area contributed by atoms with Crippen molar-refractivity contribution in [3.8, 4) is 6.07 Å². The van der Waals surface area contributed by atoms with Crippen LogP contribution in [0.5, 0.6) is 0 Å². The van der Waals surface area contributed by atoms with Gasteiger partial charge in [-0.3, -0.25) is 0 Å². The van der Waals surface area contributed by atoms with Crippen LogP contribution in [0.3, 0.4) is 0 Å². The van der Waals surface area contributed by atoms with Crippen LogP contribution in [0.1, 0.15) is 47.1 Å². The molecule has 2 aromatic carbocycles. The van der Waals surface area contributed by atoms with E-state index < -0.39 is 6.04 Å². The fourth-order valence-corrected chi connectivity index (χ4v) is 3.45. The van der Waals surface area contributed by atoms with E-state index in [-0.39, 0.29) is 0 Å². The zero-order chi connectivity index (χ0) is 15.8. The summed E-state index contributed by atoms with van der Waals surface area (Å²) in [6, 6.07) is 14.3. The van der Waals surface area contributed by atoms with Crippen molar-refractivity contribution in [1.82, 2.24) is 5.32 Å². The Bertz CT molecular complexity index is 790. The number of nitriles is 1. The molecule has 0 aromatic heterocycles. The van der Waals surface area contributed by atoms with Gasteiger partial charge in [-0.05, 0) is 65.3 Å². The SMILES string of the molecule is N#C[C@H](Nc1ccc2c(c1)CNC2)c1cc(Cl)cc(C2CC2)c1. The molecule has 2 aliphatic rings. The summed E-state index contributed by atoms with van der Waals surface area (Å²) in [5.41, 5.74) is 5.82. The first kappa shape index (κ1) is 14.6. The first-order valence-corrected chi connectivity index (χ1v) is 8.40. The Morgan fingerprint density at radius 2 is 1.96 bits per heavy atom. The Labute approximate surface area is 141 Å². The summed E-state index contributed by atoms with van der Waals surface area (Å²) < 4.78 is 0. The summed E-state index contributed by atoms with van der Waals surface area (Å²) in [5, 5.41) is 17.0. The molecule has 1 fully saturated rings. The maximum Gasteiger partial charge on any atom is 0.140 e. The van der Waals surface area contributed by atoms with Crippen LogP contribution in [0.25, 0.3) is 0 Å². The highest BCUT2D eigenvalue weighted by Crippen LogP contribution is 2.42. The fourth-order valence-electron chi connectivity index (χ4n) is 3.20. The molecular weight excluding hydrogens is 306 g/mol. The Kier molecular flexibility index (Phi) is 3.72. The third kappa shape index (κ3) is 3.06. The molecule has 23 heavy (non-hydrogen) atoms. The van der Waals surface area contributed by atoms with Crippen molar-refractivity contribution in [1.29, 1.82) is 5.26 Å². The normalized spacial score (nSPS) is 17.4. The van der Waals surface area contributed by atoms with Gasteiger partial charge in [0, 0.05) is 23.8 Å². The lowest BCUT2D eigenvalue weighted by Gasteiger charge is -2.16. The number of hydrogen-bond acceptors (Lipinski definition) is 3. The third-order valence-corrected chi connectivity index (χ3v) is 4.82. The Hall–Kier alpha value is -2.02. The lowest BCUT2D eigenvalue weighted by atomic mass is 10.0. The predicted molar refractivity (Wildman–Crippen MR) is 92.4 cm³/mol.